The largest absolute Gasteiger partial charge is 0.314 e. The van der Waals surface area contributed by atoms with Crippen LogP contribution >= 0.6 is 0 Å². The molecule has 0 aromatic carbocycles. The van der Waals surface area contributed by atoms with Gasteiger partial charge in [0.2, 0.25) is 0 Å². The average Bonchev–Trinajstić information content (AvgIpc) is 2.79. The third-order valence-corrected chi connectivity index (χ3v) is 4.67. The lowest BCUT2D eigenvalue weighted by Gasteiger charge is -2.35. The van der Waals surface area contributed by atoms with Crippen LogP contribution in [0.2, 0.25) is 0 Å². The highest BCUT2D eigenvalue weighted by atomic mass is 15.2. The van der Waals surface area contributed by atoms with Crippen molar-refractivity contribution < 1.29 is 0 Å². The van der Waals surface area contributed by atoms with Gasteiger partial charge in [0.25, 0.3) is 0 Å². The van der Waals surface area contributed by atoms with Crippen LogP contribution in [0.4, 0.5) is 0 Å². The molecule has 2 heteroatoms. The third-order valence-electron chi connectivity index (χ3n) is 4.67. The minimum atomic E-state index is 0.795. The van der Waals surface area contributed by atoms with Gasteiger partial charge in [0.1, 0.15) is 0 Å². The second-order valence-electron chi connectivity index (χ2n) is 6.01. The van der Waals surface area contributed by atoms with Gasteiger partial charge in [-0.25, -0.2) is 0 Å². The predicted octanol–water partition coefficient (Wildman–Crippen LogP) is 3.03. The van der Waals surface area contributed by atoms with Crippen LogP contribution in [0, 0.1) is 5.92 Å². The molecule has 2 aliphatic rings. The van der Waals surface area contributed by atoms with Crippen LogP contribution in [0.1, 0.15) is 58.8 Å². The number of hydrogen-bond acceptors (Lipinski definition) is 2. The van der Waals surface area contributed by atoms with Gasteiger partial charge in [-0.15, -0.1) is 0 Å². The maximum absolute atomic E-state index is 3.65. The van der Waals surface area contributed by atoms with Gasteiger partial charge in [-0.1, -0.05) is 26.7 Å². The summed E-state index contributed by atoms with van der Waals surface area (Å²) in [5.41, 5.74) is 0. The highest BCUT2D eigenvalue weighted by Gasteiger charge is 2.31. The summed E-state index contributed by atoms with van der Waals surface area (Å²) in [6.45, 7) is 8.45. The van der Waals surface area contributed by atoms with E-state index < -0.39 is 0 Å². The molecule has 1 aliphatic carbocycles. The third kappa shape index (κ3) is 3.69. The van der Waals surface area contributed by atoms with Crippen LogP contribution in [0.3, 0.4) is 0 Å². The van der Waals surface area contributed by atoms with Gasteiger partial charge in [-0.3, -0.25) is 0 Å². The summed E-state index contributed by atoms with van der Waals surface area (Å²) >= 11 is 0. The molecule has 100 valence electrons. The van der Waals surface area contributed by atoms with Gasteiger partial charge >= 0.3 is 0 Å². The van der Waals surface area contributed by atoms with Gasteiger partial charge in [-0.2, -0.15) is 0 Å². The molecule has 1 saturated carbocycles. The van der Waals surface area contributed by atoms with Crippen LogP contribution in [0.15, 0.2) is 0 Å². The van der Waals surface area contributed by atoms with Crippen LogP contribution in [0.25, 0.3) is 0 Å². The molecule has 0 spiro atoms. The van der Waals surface area contributed by atoms with E-state index in [-0.39, 0.29) is 0 Å². The van der Waals surface area contributed by atoms with Crippen molar-refractivity contribution >= 4 is 0 Å². The normalized spacial score (nSPS) is 35.3. The average molecular weight is 238 g/mol. The van der Waals surface area contributed by atoms with E-state index in [1.807, 2.05) is 0 Å². The van der Waals surface area contributed by atoms with Gasteiger partial charge in [0, 0.05) is 18.6 Å². The molecule has 3 atom stereocenters. The van der Waals surface area contributed by atoms with E-state index in [4.69, 9.17) is 0 Å². The topological polar surface area (TPSA) is 15.3 Å². The fourth-order valence-electron chi connectivity index (χ4n) is 3.81. The Morgan fingerprint density at radius 1 is 1.18 bits per heavy atom. The quantitative estimate of drug-likeness (QED) is 0.792. The molecule has 1 N–H and O–H groups in total. The Hall–Kier alpha value is -0.0800. The molecule has 0 amide bonds. The minimum Gasteiger partial charge on any atom is -0.314 e. The zero-order valence-corrected chi connectivity index (χ0v) is 11.8. The molecule has 17 heavy (non-hydrogen) atoms. The summed E-state index contributed by atoms with van der Waals surface area (Å²) in [6, 6.07) is 1.68. The zero-order chi connectivity index (χ0) is 12.1. The molecule has 0 aromatic heterocycles. The molecule has 2 rings (SSSR count). The maximum atomic E-state index is 3.65. The smallest absolute Gasteiger partial charge is 0.0110 e. The van der Waals surface area contributed by atoms with Crippen LogP contribution in [0.5, 0.6) is 0 Å². The van der Waals surface area contributed by atoms with Crippen molar-refractivity contribution in [2.75, 3.05) is 19.6 Å². The molecule has 2 nitrogen and oxygen atoms in total. The Balaban J connectivity index is 1.78. The van der Waals surface area contributed by atoms with Crippen molar-refractivity contribution in [3.63, 3.8) is 0 Å². The molecule has 1 heterocycles. The standard InChI is InChI=1S/C15H30N2/c1-3-6-13-9-10-17(12-13)15-8-5-7-14(11-15)16-4-2/h13-16H,3-12H2,1-2H3. The zero-order valence-electron chi connectivity index (χ0n) is 11.8. The van der Waals surface area contributed by atoms with Crippen LogP contribution in [-0.2, 0) is 0 Å². The van der Waals surface area contributed by atoms with E-state index in [9.17, 15) is 0 Å². The number of nitrogens with zero attached hydrogens (tertiary/aromatic N) is 1. The predicted molar refractivity (Wildman–Crippen MR) is 74.3 cm³/mol. The Bertz CT molecular complexity index is 215. The molecule has 3 unspecified atom stereocenters. The molecule has 1 aliphatic heterocycles. The van der Waals surface area contributed by atoms with Gasteiger partial charge in [0.05, 0.1) is 0 Å². The molecule has 2 fully saturated rings. The maximum Gasteiger partial charge on any atom is 0.0110 e. The number of likely N-dealkylation sites (tertiary alicyclic amines) is 1. The van der Waals surface area contributed by atoms with Gasteiger partial charge in [-0.05, 0) is 51.1 Å². The highest BCUT2D eigenvalue weighted by molar-refractivity contribution is 4.87. The van der Waals surface area contributed by atoms with Gasteiger partial charge < -0.3 is 10.2 Å². The Morgan fingerprint density at radius 3 is 2.82 bits per heavy atom. The SMILES string of the molecule is CCCC1CCN(C2CCCC(NCC)C2)C1. The minimum absolute atomic E-state index is 0.795. The summed E-state index contributed by atoms with van der Waals surface area (Å²) in [4.78, 5) is 2.80. The molecule has 1 saturated heterocycles. The molecule has 0 aromatic rings. The Labute approximate surface area is 107 Å². The first kappa shape index (κ1) is 13.4. The monoisotopic (exact) mass is 238 g/mol. The first-order valence-electron chi connectivity index (χ1n) is 7.80. The van der Waals surface area contributed by atoms with E-state index in [0.717, 1.165) is 24.5 Å². The van der Waals surface area contributed by atoms with Crippen molar-refractivity contribution in [1.82, 2.24) is 10.2 Å². The summed E-state index contributed by atoms with van der Waals surface area (Å²) < 4.78 is 0. The number of rotatable bonds is 5. The van der Waals surface area contributed by atoms with Crippen molar-refractivity contribution in [3.8, 4) is 0 Å². The number of nitrogens with one attached hydrogen (secondary N) is 1. The first-order valence-corrected chi connectivity index (χ1v) is 7.80. The summed E-state index contributed by atoms with van der Waals surface area (Å²) in [6.07, 6.45) is 9.93. The fraction of sp³-hybridized carbons (Fsp3) is 1.00. The van der Waals surface area contributed by atoms with Crippen LogP contribution in [-0.4, -0.2) is 36.6 Å². The highest BCUT2D eigenvalue weighted by Crippen LogP contribution is 2.29. The van der Waals surface area contributed by atoms with E-state index in [1.165, 1.54) is 58.0 Å². The Morgan fingerprint density at radius 2 is 2.06 bits per heavy atom. The molecular weight excluding hydrogens is 208 g/mol. The van der Waals surface area contributed by atoms with Crippen molar-refractivity contribution in [2.24, 2.45) is 5.92 Å². The summed E-state index contributed by atoms with van der Waals surface area (Å²) in [7, 11) is 0. The Kier molecular flexibility index (Phi) is 5.30. The van der Waals surface area contributed by atoms with Crippen molar-refractivity contribution in [1.29, 1.82) is 0 Å². The lowest BCUT2D eigenvalue weighted by atomic mass is 9.90. The van der Waals surface area contributed by atoms with E-state index in [1.54, 1.807) is 0 Å². The number of hydrogen-bond donors (Lipinski definition) is 1. The summed E-state index contributed by atoms with van der Waals surface area (Å²) in [5.74, 6) is 1.000. The van der Waals surface area contributed by atoms with E-state index in [2.05, 4.69) is 24.1 Å². The first-order chi connectivity index (χ1) is 8.33. The lowest BCUT2D eigenvalue weighted by molar-refractivity contribution is 0.163. The second kappa shape index (κ2) is 6.75. The molecular formula is C15H30N2. The van der Waals surface area contributed by atoms with Crippen LogP contribution < -0.4 is 5.32 Å². The molecule has 0 radical (unpaired) electrons. The van der Waals surface area contributed by atoms with E-state index >= 15 is 0 Å². The van der Waals surface area contributed by atoms with Gasteiger partial charge in [0.15, 0.2) is 0 Å². The second-order valence-corrected chi connectivity index (χ2v) is 6.01. The summed E-state index contributed by atoms with van der Waals surface area (Å²) in [5, 5.41) is 3.65. The lowest BCUT2D eigenvalue weighted by Crippen LogP contribution is -2.43. The fourth-order valence-corrected chi connectivity index (χ4v) is 3.81. The van der Waals surface area contributed by atoms with E-state index in [0.29, 0.717) is 0 Å². The van der Waals surface area contributed by atoms with Crippen molar-refractivity contribution in [3.05, 3.63) is 0 Å². The van der Waals surface area contributed by atoms with Crippen molar-refractivity contribution in [2.45, 2.75) is 70.9 Å². The molecule has 0 bridgehead atoms.